The highest BCUT2D eigenvalue weighted by Crippen LogP contribution is 2.23. The molecule has 0 amide bonds. The van der Waals surface area contributed by atoms with Gasteiger partial charge in [-0.05, 0) is 60.9 Å². The fraction of sp³-hybridized carbons (Fsp3) is 0.409. The first-order valence-corrected chi connectivity index (χ1v) is 11.3. The molecule has 144 valence electrons. The van der Waals surface area contributed by atoms with E-state index >= 15 is 0 Å². The van der Waals surface area contributed by atoms with Gasteiger partial charge in [-0.2, -0.15) is 17.9 Å². The number of rotatable bonds is 7. The topological polar surface area (TPSA) is 49.7 Å². The Balaban J connectivity index is 1.82. The molecule has 0 saturated carbocycles. The first-order valence-electron chi connectivity index (χ1n) is 9.83. The van der Waals surface area contributed by atoms with Gasteiger partial charge in [-0.25, -0.2) is 0 Å². The Hall–Kier alpha value is -2.14. The van der Waals surface area contributed by atoms with Crippen LogP contribution in [-0.2, 0) is 22.9 Å². The summed E-state index contributed by atoms with van der Waals surface area (Å²) < 4.78 is 27.3. The van der Waals surface area contributed by atoms with E-state index in [2.05, 4.69) is 31.1 Å². The number of hydrogen-bond acceptors (Lipinski definition) is 3. The van der Waals surface area contributed by atoms with Gasteiger partial charge in [-0.3, -0.25) is 0 Å². The van der Waals surface area contributed by atoms with E-state index in [1.54, 1.807) is 12.1 Å². The highest BCUT2D eigenvalue weighted by molar-refractivity contribution is 7.89. The normalized spacial score (nSPS) is 14.9. The maximum Gasteiger partial charge on any atom is 0.279 e. The second-order valence-electron chi connectivity index (χ2n) is 7.00. The van der Waals surface area contributed by atoms with Gasteiger partial charge in [0.05, 0.1) is 17.2 Å². The molecule has 0 unspecified atom stereocenters. The quantitative estimate of drug-likeness (QED) is 0.690. The molecule has 5 heteroatoms. The van der Waals surface area contributed by atoms with E-state index in [4.69, 9.17) is 0 Å². The third-order valence-corrected chi connectivity index (χ3v) is 6.70. The van der Waals surface area contributed by atoms with E-state index in [1.807, 2.05) is 24.3 Å². The summed E-state index contributed by atoms with van der Waals surface area (Å²) in [6, 6.07) is 15.5. The van der Waals surface area contributed by atoms with Crippen molar-refractivity contribution in [3.63, 3.8) is 0 Å². The monoisotopic (exact) mass is 384 g/mol. The molecule has 0 radical (unpaired) electrons. The lowest BCUT2D eigenvalue weighted by Gasteiger charge is -2.25. The predicted octanol–water partition coefficient (Wildman–Crippen LogP) is 4.78. The van der Waals surface area contributed by atoms with E-state index in [-0.39, 0.29) is 0 Å². The van der Waals surface area contributed by atoms with Crippen LogP contribution in [0.3, 0.4) is 0 Å². The Morgan fingerprint density at radius 3 is 2.26 bits per heavy atom. The van der Waals surface area contributed by atoms with Crippen LogP contribution < -0.4 is 0 Å². The van der Waals surface area contributed by atoms with Crippen LogP contribution in [0.5, 0.6) is 0 Å². The third-order valence-electron chi connectivity index (χ3n) is 5.01. The number of unbranched alkanes of at least 4 members (excludes halogenated alkanes) is 1. The standard InChI is InChI=1S/C22H28N2O2S/c1-3-5-7-19-11-15-21(16-12-19)27(25,26)24-17-6-8-22(23-24)20-13-9-18(4-2)10-14-20/h9-16H,3-8,17H2,1-2H3. The molecular weight excluding hydrogens is 356 g/mol. The SMILES string of the molecule is CCCCc1ccc(S(=O)(=O)N2CCCC(c3ccc(CC)cc3)=N2)cc1. The van der Waals surface area contributed by atoms with Crippen molar-refractivity contribution in [1.29, 1.82) is 0 Å². The molecule has 2 aromatic rings. The van der Waals surface area contributed by atoms with Gasteiger partial charge in [0, 0.05) is 0 Å². The molecule has 0 bridgehead atoms. The van der Waals surface area contributed by atoms with Gasteiger partial charge in [0.1, 0.15) is 0 Å². The summed E-state index contributed by atoms with van der Waals surface area (Å²) in [4.78, 5) is 0.314. The molecule has 0 fully saturated rings. The van der Waals surface area contributed by atoms with Crippen LogP contribution >= 0.6 is 0 Å². The summed E-state index contributed by atoms with van der Waals surface area (Å²) in [5.41, 5.74) is 4.28. The number of hydrogen-bond donors (Lipinski definition) is 0. The second kappa shape index (κ2) is 8.70. The Bertz CT molecular complexity index is 885. The lowest BCUT2D eigenvalue weighted by Crippen LogP contribution is -2.32. The van der Waals surface area contributed by atoms with E-state index in [0.29, 0.717) is 11.4 Å². The van der Waals surface area contributed by atoms with Crippen molar-refractivity contribution in [2.24, 2.45) is 5.10 Å². The molecule has 0 aromatic heterocycles. The summed E-state index contributed by atoms with van der Waals surface area (Å²) in [6.45, 7) is 4.70. The Labute approximate surface area is 163 Å². The van der Waals surface area contributed by atoms with Gasteiger partial charge in [0.25, 0.3) is 10.0 Å². The molecule has 4 nitrogen and oxygen atoms in total. The van der Waals surface area contributed by atoms with E-state index in [0.717, 1.165) is 49.8 Å². The fourth-order valence-corrected chi connectivity index (χ4v) is 4.55. The molecule has 1 aliphatic rings. The second-order valence-corrected chi connectivity index (χ2v) is 8.84. The van der Waals surface area contributed by atoms with Gasteiger partial charge < -0.3 is 0 Å². The maximum atomic E-state index is 13.0. The van der Waals surface area contributed by atoms with Gasteiger partial charge in [0.2, 0.25) is 0 Å². The van der Waals surface area contributed by atoms with Crippen LogP contribution in [0.25, 0.3) is 0 Å². The average molecular weight is 385 g/mol. The zero-order valence-electron chi connectivity index (χ0n) is 16.2. The van der Waals surface area contributed by atoms with E-state index < -0.39 is 10.0 Å². The summed E-state index contributed by atoms with van der Waals surface area (Å²) in [5.74, 6) is 0. The van der Waals surface area contributed by atoms with Gasteiger partial charge in [-0.15, -0.1) is 0 Å². The zero-order chi connectivity index (χ0) is 19.3. The molecule has 1 heterocycles. The lowest BCUT2D eigenvalue weighted by molar-refractivity contribution is 0.410. The smallest absolute Gasteiger partial charge is 0.200 e. The van der Waals surface area contributed by atoms with Crippen molar-refractivity contribution in [2.75, 3.05) is 6.54 Å². The highest BCUT2D eigenvalue weighted by Gasteiger charge is 2.26. The molecule has 0 spiro atoms. The minimum absolute atomic E-state index is 0.314. The molecule has 2 aromatic carbocycles. The van der Waals surface area contributed by atoms with Crippen LogP contribution in [0.4, 0.5) is 0 Å². The molecule has 0 saturated heterocycles. The summed E-state index contributed by atoms with van der Waals surface area (Å²) >= 11 is 0. The third kappa shape index (κ3) is 4.59. The number of hydrazone groups is 1. The zero-order valence-corrected chi connectivity index (χ0v) is 17.0. The Kier molecular flexibility index (Phi) is 6.32. The van der Waals surface area contributed by atoms with Crippen molar-refractivity contribution in [1.82, 2.24) is 4.41 Å². The molecule has 0 atom stereocenters. The van der Waals surface area contributed by atoms with Crippen molar-refractivity contribution in [3.05, 3.63) is 65.2 Å². The van der Waals surface area contributed by atoms with Crippen molar-refractivity contribution in [2.45, 2.75) is 57.3 Å². The lowest BCUT2D eigenvalue weighted by atomic mass is 10.0. The minimum Gasteiger partial charge on any atom is -0.200 e. The summed E-state index contributed by atoms with van der Waals surface area (Å²) in [5, 5.41) is 4.49. The number of aryl methyl sites for hydroxylation is 2. The largest absolute Gasteiger partial charge is 0.279 e. The molecule has 3 rings (SSSR count). The molecule has 27 heavy (non-hydrogen) atoms. The number of benzene rings is 2. The Morgan fingerprint density at radius 2 is 1.63 bits per heavy atom. The first-order chi connectivity index (χ1) is 13.0. The van der Waals surface area contributed by atoms with Gasteiger partial charge in [-0.1, -0.05) is 56.7 Å². The number of sulfonamides is 1. The predicted molar refractivity (Wildman–Crippen MR) is 111 cm³/mol. The first kappa shape index (κ1) is 19.6. The van der Waals surface area contributed by atoms with Crippen LogP contribution in [0.1, 0.15) is 56.2 Å². The minimum atomic E-state index is -3.61. The van der Waals surface area contributed by atoms with Crippen molar-refractivity contribution < 1.29 is 8.42 Å². The average Bonchev–Trinajstić information content (AvgIpc) is 2.72. The molecule has 0 aliphatic carbocycles. The van der Waals surface area contributed by atoms with Crippen LogP contribution in [-0.4, -0.2) is 25.1 Å². The van der Waals surface area contributed by atoms with Gasteiger partial charge >= 0.3 is 0 Å². The maximum absolute atomic E-state index is 13.0. The van der Waals surface area contributed by atoms with E-state index in [9.17, 15) is 8.42 Å². The van der Waals surface area contributed by atoms with Gasteiger partial charge in [0.15, 0.2) is 0 Å². The Morgan fingerprint density at radius 1 is 0.963 bits per heavy atom. The van der Waals surface area contributed by atoms with Crippen molar-refractivity contribution >= 4 is 15.7 Å². The van der Waals surface area contributed by atoms with Crippen molar-refractivity contribution in [3.8, 4) is 0 Å². The highest BCUT2D eigenvalue weighted by atomic mass is 32.2. The van der Waals surface area contributed by atoms with Crippen LogP contribution in [0, 0.1) is 0 Å². The molecule has 0 N–H and O–H groups in total. The molecule has 1 aliphatic heterocycles. The molecular formula is C22H28N2O2S. The summed E-state index contributed by atoms with van der Waals surface area (Å²) in [7, 11) is -3.61. The number of nitrogens with zero attached hydrogens (tertiary/aromatic N) is 2. The van der Waals surface area contributed by atoms with Crippen LogP contribution in [0.2, 0.25) is 0 Å². The fourth-order valence-electron chi connectivity index (χ4n) is 3.26. The van der Waals surface area contributed by atoms with Crippen LogP contribution in [0.15, 0.2) is 58.5 Å². The summed E-state index contributed by atoms with van der Waals surface area (Å²) in [6.07, 6.45) is 5.79. The van der Waals surface area contributed by atoms with E-state index in [1.165, 1.54) is 15.5 Å².